The highest BCUT2D eigenvalue weighted by Crippen LogP contribution is 2.21. The quantitative estimate of drug-likeness (QED) is 0.883. The monoisotopic (exact) mass is 335 g/mol. The van der Waals surface area contributed by atoms with Crippen molar-refractivity contribution in [3.63, 3.8) is 0 Å². The Labute approximate surface area is 141 Å². The summed E-state index contributed by atoms with van der Waals surface area (Å²) < 4.78 is 1.70. The van der Waals surface area contributed by atoms with Gasteiger partial charge in [-0.15, -0.1) is 0 Å². The summed E-state index contributed by atoms with van der Waals surface area (Å²) in [6.07, 6.45) is 2.38. The predicted octanol–water partition coefficient (Wildman–Crippen LogP) is 2.79. The molecule has 124 valence electrons. The third kappa shape index (κ3) is 4.81. The molecule has 0 aliphatic heterocycles. The number of halogens is 1. The maximum Gasteiger partial charge on any atom is 0.256 e. The fourth-order valence-corrected chi connectivity index (χ4v) is 2.64. The minimum atomic E-state index is -1.22. The van der Waals surface area contributed by atoms with E-state index in [1.54, 1.807) is 40.0 Å². The number of nitrogens with zero attached hydrogens (tertiary/aromatic N) is 3. The summed E-state index contributed by atoms with van der Waals surface area (Å²) in [7, 11) is 1.83. The lowest BCUT2D eigenvalue weighted by atomic mass is 10.1. The number of hydrogen-bond donors (Lipinski definition) is 1. The number of hydrogen-bond acceptors (Lipinski definition) is 3. The van der Waals surface area contributed by atoms with Gasteiger partial charge in [0.1, 0.15) is 0 Å². The maximum atomic E-state index is 12.7. The van der Waals surface area contributed by atoms with Crippen molar-refractivity contribution in [3.05, 3.63) is 52.8 Å². The Kier molecular flexibility index (Phi) is 5.80. The van der Waals surface area contributed by atoms with Crippen LogP contribution in [0.4, 0.5) is 0 Å². The van der Waals surface area contributed by atoms with Crippen molar-refractivity contribution in [1.82, 2.24) is 14.7 Å². The van der Waals surface area contributed by atoms with Crippen molar-refractivity contribution in [3.8, 4) is 0 Å². The van der Waals surface area contributed by atoms with Crippen LogP contribution in [-0.2, 0) is 18.4 Å². The molecule has 0 radical (unpaired) electrons. The molecule has 2 rings (SSSR count). The van der Waals surface area contributed by atoms with Crippen LogP contribution in [0.25, 0.3) is 0 Å². The largest absolute Gasteiger partial charge is 0.378 e. The van der Waals surface area contributed by atoms with Crippen LogP contribution in [0.15, 0.2) is 36.7 Å². The molecule has 1 aromatic heterocycles. The zero-order valence-corrected chi connectivity index (χ0v) is 14.4. The highest BCUT2D eigenvalue weighted by molar-refractivity contribution is 6.30. The number of benzene rings is 1. The van der Waals surface area contributed by atoms with Crippen molar-refractivity contribution >= 4 is 17.5 Å². The van der Waals surface area contributed by atoms with Crippen LogP contribution >= 0.6 is 11.6 Å². The third-order valence-corrected chi connectivity index (χ3v) is 3.66. The molecule has 1 amide bonds. The average molecular weight is 336 g/mol. The fraction of sp³-hybridized carbons (Fsp3) is 0.412. The first kappa shape index (κ1) is 17.5. The molecular formula is C17H22ClN3O2. The Morgan fingerprint density at radius 2 is 2.17 bits per heavy atom. The first-order chi connectivity index (χ1) is 10.9. The molecule has 0 fully saturated rings. The van der Waals surface area contributed by atoms with Crippen molar-refractivity contribution in [1.29, 1.82) is 0 Å². The van der Waals surface area contributed by atoms with Crippen LogP contribution in [0, 0.1) is 5.92 Å². The number of carbonyl (C=O) groups excluding carboxylic acids is 1. The normalized spacial score (nSPS) is 12.4. The predicted molar refractivity (Wildman–Crippen MR) is 89.9 cm³/mol. The summed E-state index contributed by atoms with van der Waals surface area (Å²) in [6.45, 7) is 5.05. The smallest absolute Gasteiger partial charge is 0.256 e. The van der Waals surface area contributed by atoms with Crippen LogP contribution in [0.2, 0.25) is 5.02 Å². The summed E-state index contributed by atoms with van der Waals surface area (Å²) in [6, 6.07) is 6.75. The second kappa shape index (κ2) is 7.62. The molecular weight excluding hydrogens is 314 g/mol. The number of carbonyl (C=O) groups is 1. The Bertz CT molecular complexity index is 669. The minimum Gasteiger partial charge on any atom is -0.378 e. The number of aromatic nitrogens is 2. The van der Waals surface area contributed by atoms with Gasteiger partial charge in [0.25, 0.3) is 5.91 Å². The van der Waals surface area contributed by atoms with Crippen LogP contribution in [-0.4, -0.2) is 32.2 Å². The fourth-order valence-electron chi connectivity index (χ4n) is 2.44. The van der Waals surface area contributed by atoms with Gasteiger partial charge in [-0.3, -0.25) is 9.48 Å². The first-order valence-corrected chi connectivity index (χ1v) is 7.94. The van der Waals surface area contributed by atoms with Gasteiger partial charge in [-0.1, -0.05) is 37.6 Å². The summed E-state index contributed by atoms with van der Waals surface area (Å²) in [4.78, 5) is 14.4. The Morgan fingerprint density at radius 3 is 2.74 bits per heavy atom. The average Bonchev–Trinajstić information content (AvgIpc) is 2.90. The van der Waals surface area contributed by atoms with E-state index in [-0.39, 0.29) is 5.91 Å². The Hall–Kier alpha value is -1.85. The van der Waals surface area contributed by atoms with E-state index in [9.17, 15) is 9.90 Å². The van der Waals surface area contributed by atoms with Gasteiger partial charge in [-0.25, -0.2) is 0 Å². The highest BCUT2D eigenvalue weighted by Gasteiger charge is 2.25. The molecule has 6 heteroatoms. The molecule has 1 aromatic carbocycles. The molecule has 5 nitrogen and oxygen atoms in total. The standard InChI is InChI=1S/C17H22ClN3O2/c1-12(2)9-21(11-13-8-19-20(3)10-13)17(23)16(22)14-5-4-6-15(18)7-14/h4-8,10,12,16,22H,9,11H2,1-3H3/t16-/m1/s1. The molecule has 0 spiro atoms. The zero-order valence-electron chi connectivity index (χ0n) is 13.6. The highest BCUT2D eigenvalue weighted by atomic mass is 35.5. The molecule has 2 aromatic rings. The number of aliphatic hydroxyl groups is 1. The van der Waals surface area contributed by atoms with E-state index >= 15 is 0 Å². The molecule has 0 bridgehead atoms. The van der Waals surface area contributed by atoms with E-state index in [0.29, 0.717) is 29.6 Å². The molecule has 0 aliphatic carbocycles. The molecule has 1 heterocycles. The van der Waals surface area contributed by atoms with E-state index in [4.69, 9.17) is 11.6 Å². The SMILES string of the molecule is CC(C)CN(Cc1cnn(C)c1)C(=O)[C@H](O)c1cccc(Cl)c1. The minimum absolute atomic E-state index is 0.294. The Balaban J connectivity index is 2.18. The van der Waals surface area contributed by atoms with E-state index in [2.05, 4.69) is 5.10 Å². The number of aryl methyl sites for hydroxylation is 1. The molecule has 0 unspecified atom stereocenters. The molecule has 1 N–H and O–H groups in total. The van der Waals surface area contributed by atoms with Gasteiger partial charge < -0.3 is 10.0 Å². The molecule has 0 saturated carbocycles. The number of amides is 1. The molecule has 0 saturated heterocycles. The van der Waals surface area contributed by atoms with Gasteiger partial charge in [-0.05, 0) is 23.6 Å². The van der Waals surface area contributed by atoms with E-state index in [1.807, 2.05) is 27.1 Å². The van der Waals surface area contributed by atoms with Gasteiger partial charge in [0.2, 0.25) is 0 Å². The zero-order chi connectivity index (χ0) is 17.0. The third-order valence-electron chi connectivity index (χ3n) is 3.43. The van der Waals surface area contributed by atoms with E-state index in [0.717, 1.165) is 5.56 Å². The molecule has 0 aliphatic rings. The summed E-state index contributed by atoms with van der Waals surface area (Å²) in [5.41, 5.74) is 1.43. The van der Waals surface area contributed by atoms with Crippen LogP contribution in [0.3, 0.4) is 0 Å². The molecule has 23 heavy (non-hydrogen) atoms. The number of rotatable bonds is 6. The van der Waals surface area contributed by atoms with Crippen molar-refractivity contribution in [2.75, 3.05) is 6.54 Å². The van der Waals surface area contributed by atoms with Crippen LogP contribution in [0.1, 0.15) is 31.1 Å². The van der Waals surface area contributed by atoms with Crippen LogP contribution < -0.4 is 0 Å². The van der Waals surface area contributed by atoms with Gasteiger partial charge >= 0.3 is 0 Å². The van der Waals surface area contributed by atoms with E-state index < -0.39 is 6.10 Å². The second-order valence-electron chi connectivity index (χ2n) is 6.09. The summed E-state index contributed by atoms with van der Waals surface area (Å²) >= 11 is 5.94. The van der Waals surface area contributed by atoms with Gasteiger partial charge in [0.05, 0.1) is 6.20 Å². The lowest BCUT2D eigenvalue weighted by molar-refractivity contribution is -0.141. The topological polar surface area (TPSA) is 58.4 Å². The second-order valence-corrected chi connectivity index (χ2v) is 6.53. The lowest BCUT2D eigenvalue weighted by Crippen LogP contribution is -2.37. The first-order valence-electron chi connectivity index (χ1n) is 7.56. The van der Waals surface area contributed by atoms with Gasteiger partial charge in [0, 0.05) is 36.9 Å². The maximum absolute atomic E-state index is 12.7. The van der Waals surface area contributed by atoms with Crippen molar-refractivity contribution in [2.45, 2.75) is 26.5 Å². The summed E-state index contributed by atoms with van der Waals surface area (Å²) in [5, 5.41) is 15.0. The Morgan fingerprint density at radius 1 is 1.43 bits per heavy atom. The number of aliphatic hydroxyl groups excluding tert-OH is 1. The van der Waals surface area contributed by atoms with Crippen molar-refractivity contribution in [2.24, 2.45) is 13.0 Å². The molecule has 1 atom stereocenters. The van der Waals surface area contributed by atoms with Gasteiger partial charge in [0.15, 0.2) is 6.10 Å². The van der Waals surface area contributed by atoms with Crippen molar-refractivity contribution < 1.29 is 9.90 Å². The van der Waals surface area contributed by atoms with Gasteiger partial charge in [-0.2, -0.15) is 5.10 Å². The summed E-state index contributed by atoms with van der Waals surface area (Å²) in [5.74, 6) is -0.0352. The van der Waals surface area contributed by atoms with E-state index in [1.165, 1.54) is 0 Å². The van der Waals surface area contributed by atoms with Crippen LogP contribution in [0.5, 0.6) is 0 Å². The lowest BCUT2D eigenvalue weighted by Gasteiger charge is -2.26.